The minimum absolute atomic E-state index is 0.0422. The lowest BCUT2D eigenvalue weighted by Crippen LogP contribution is -2.53. The fourth-order valence-corrected chi connectivity index (χ4v) is 5.07. The molecular weight excluding hydrogens is 357 g/mol. The number of likely N-dealkylation sites (tertiary alicyclic amines) is 1. The molecule has 0 spiro atoms. The van der Waals surface area contributed by atoms with Crippen molar-refractivity contribution in [3.63, 3.8) is 0 Å². The highest BCUT2D eigenvalue weighted by atomic mass is 32.2. The molecule has 2 aliphatic heterocycles. The third-order valence-electron chi connectivity index (χ3n) is 5.30. The van der Waals surface area contributed by atoms with Crippen LogP contribution in [0.3, 0.4) is 0 Å². The molecule has 0 N–H and O–H groups in total. The molecule has 1 amide bonds. The molecule has 2 aliphatic rings. The van der Waals surface area contributed by atoms with Gasteiger partial charge in [-0.1, -0.05) is 12.5 Å². The lowest BCUT2D eigenvalue weighted by atomic mass is 10.0. The second-order valence-electron chi connectivity index (χ2n) is 7.06. The number of nitrogens with zero attached hydrogens (tertiary/aromatic N) is 3. The van der Waals surface area contributed by atoms with E-state index in [1.54, 1.807) is 4.90 Å². The van der Waals surface area contributed by atoms with Crippen LogP contribution in [0.2, 0.25) is 0 Å². The summed E-state index contributed by atoms with van der Waals surface area (Å²) in [6.07, 6.45) is 3.45. The first-order chi connectivity index (χ1) is 12.4. The van der Waals surface area contributed by atoms with Crippen molar-refractivity contribution in [2.75, 3.05) is 39.3 Å². The molecule has 0 aromatic heterocycles. The fraction of sp³-hybridized carbons (Fsp3) is 0.611. The number of piperazine rings is 1. The van der Waals surface area contributed by atoms with Crippen molar-refractivity contribution in [2.24, 2.45) is 0 Å². The van der Waals surface area contributed by atoms with E-state index in [0.29, 0.717) is 25.7 Å². The second kappa shape index (κ2) is 8.02. The van der Waals surface area contributed by atoms with Gasteiger partial charge >= 0.3 is 0 Å². The predicted molar refractivity (Wildman–Crippen MR) is 96.6 cm³/mol. The van der Waals surface area contributed by atoms with E-state index >= 15 is 0 Å². The molecular formula is C18H26FN3O3S. The molecule has 0 radical (unpaired) electrons. The third-order valence-corrected chi connectivity index (χ3v) is 7.20. The molecule has 0 aliphatic carbocycles. The van der Waals surface area contributed by atoms with Crippen LogP contribution in [0.15, 0.2) is 29.2 Å². The minimum Gasteiger partial charge on any atom is -0.339 e. The van der Waals surface area contributed by atoms with Crippen molar-refractivity contribution in [3.05, 3.63) is 30.1 Å². The highest BCUT2D eigenvalue weighted by Crippen LogP contribution is 2.20. The summed E-state index contributed by atoms with van der Waals surface area (Å²) >= 11 is 0. The van der Waals surface area contributed by atoms with Crippen LogP contribution in [0.1, 0.15) is 26.2 Å². The molecule has 2 saturated heterocycles. The Kier molecular flexibility index (Phi) is 5.94. The Labute approximate surface area is 154 Å². The Morgan fingerprint density at radius 1 is 1.15 bits per heavy atom. The summed E-state index contributed by atoms with van der Waals surface area (Å²) in [6.45, 7) is 4.71. The van der Waals surface area contributed by atoms with Gasteiger partial charge in [0.15, 0.2) is 0 Å². The summed E-state index contributed by atoms with van der Waals surface area (Å²) < 4.78 is 39.9. The summed E-state index contributed by atoms with van der Waals surface area (Å²) in [6, 6.07) is 5.46. The molecule has 26 heavy (non-hydrogen) atoms. The number of carbonyl (C=O) groups excluding carboxylic acids is 1. The number of piperidine rings is 1. The van der Waals surface area contributed by atoms with Crippen LogP contribution in [0.5, 0.6) is 0 Å². The molecule has 8 heteroatoms. The lowest BCUT2D eigenvalue weighted by Gasteiger charge is -2.37. The molecule has 6 nitrogen and oxygen atoms in total. The van der Waals surface area contributed by atoms with Crippen LogP contribution < -0.4 is 0 Å². The highest BCUT2D eigenvalue weighted by Gasteiger charge is 2.31. The number of hydrogen-bond acceptors (Lipinski definition) is 4. The maximum Gasteiger partial charge on any atom is 0.243 e. The first-order valence-electron chi connectivity index (χ1n) is 9.15. The van der Waals surface area contributed by atoms with Crippen molar-refractivity contribution in [1.29, 1.82) is 0 Å². The zero-order chi connectivity index (χ0) is 18.7. The number of sulfonamides is 1. The summed E-state index contributed by atoms with van der Waals surface area (Å²) in [5.41, 5.74) is 0. The number of rotatable bonds is 4. The van der Waals surface area contributed by atoms with E-state index in [0.717, 1.165) is 25.5 Å². The summed E-state index contributed by atoms with van der Waals surface area (Å²) in [4.78, 5) is 16.5. The van der Waals surface area contributed by atoms with E-state index in [1.807, 2.05) is 0 Å². The summed E-state index contributed by atoms with van der Waals surface area (Å²) in [5, 5.41) is 0. The van der Waals surface area contributed by atoms with Crippen LogP contribution in [-0.2, 0) is 14.8 Å². The SMILES string of the molecule is CC1CCCCN1CC(=O)N1CCN(S(=O)(=O)c2cccc(F)c2)CC1. The van der Waals surface area contributed by atoms with Gasteiger partial charge in [-0.25, -0.2) is 12.8 Å². The van der Waals surface area contributed by atoms with Gasteiger partial charge in [0, 0.05) is 32.2 Å². The number of halogens is 1. The minimum atomic E-state index is -3.72. The van der Waals surface area contributed by atoms with Crippen molar-refractivity contribution in [1.82, 2.24) is 14.1 Å². The molecule has 0 bridgehead atoms. The van der Waals surface area contributed by atoms with Gasteiger partial charge in [-0.3, -0.25) is 9.69 Å². The molecule has 3 rings (SSSR count). The van der Waals surface area contributed by atoms with Crippen molar-refractivity contribution >= 4 is 15.9 Å². The number of benzene rings is 1. The lowest BCUT2D eigenvalue weighted by molar-refractivity contribution is -0.134. The van der Waals surface area contributed by atoms with E-state index in [2.05, 4.69) is 11.8 Å². The third kappa shape index (κ3) is 4.24. The maximum absolute atomic E-state index is 13.3. The van der Waals surface area contributed by atoms with E-state index < -0.39 is 15.8 Å². The van der Waals surface area contributed by atoms with Crippen LogP contribution in [0.4, 0.5) is 4.39 Å². The molecule has 0 saturated carbocycles. The maximum atomic E-state index is 13.3. The Morgan fingerprint density at radius 2 is 1.88 bits per heavy atom. The van der Waals surface area contributed by atoms with Crippen molar-refractivity contribution in [2.45, 2.75) is 37.1 Å². The molecule has 1 aromatic rings. The topological polar surface area (TPSA) is 60.9 Å². The van der Waals surface area contributed by atoms with Gasteiger partial charge in [0.25, 0.3) is 0 Å². The first kappa shape index (κ1) is 19.3. The van der Waals surface area contributed by atoms with Gasteiger partial charge in [-0.15, -0.1) is 0 Å². The van der Waals surface area contributed by atoms with Crippen molar-refractivity contribution in [3.8, 4) is 0 Å². The molecule has 144 valence electrons. The van der Waals surface area contributed by atoms with Crippen LogP contribution in [0, 0.1) is 5.82 Å². The average molecular weight is 383 g/mol. The quantitative estimate of drug-likeness (QED) is 0.791. The van der Waals surface area contributed by atoms with Gasteiger partial charge in [0.1, 0.15) is 5.82 Å². The molecule has 1 atom stereocenters. The number of carbonyl (C=O) groups is 1. The van der Waals surface area contributed by atoms with Crippen LogP contribution in [0.25, 0.3) is 0 Å². The van der Waals surface area contributed by atoms with Crippen LogP contribution >= 0.6 is 0 Å². The monoisotopic (exact) mass is 383 g/mol. The predicted octanol–water partition coefficient (Wildman–Crippen LogP) is 1.53. The molecule has 1 aromatic carbocycles. The summed E-state index contributed by atoms with van der Waals surface area (Å²) in [7, 11) is -3.72. The molecule has 2 fully saturated rings. The van der Waals surface area contributed by atoms with E-state index in [4.69, 9.17) is 0 Å². The largest absolute Gasteiger partial charge is 0.339 e. The Bertz CT molecular complexity index is 748. The number of hydrogen-bond donors (Lipinski definition) is 0. The molecule has 1 unspecified atom stereocenters. The highest BCUT2D eigenvalue weighted by molar-refractivity contribution is 7.89. The molecule has 2 heterocycles. The van der Waals surface area contributed by atoms with Gasteiger partial charge in [0.2, 0.25) is 15.9 Å². The number of amides is 1. The van der Waals surface area contributed by atoms with Crippen LogP contribution in [-0.4, -0.2) is 73.7 Å². The normalized spacial score (nSPS) is 23.2. The Morgan fingerprint density at radius 3 is 2.54 bits per heavy atom. The average Bonchev–Trinajstić information content (AvgIpc) is 2.63. The Balaban J connectivity index is 1.57. The standard InChI is InChI=1S/C18H26FN3O3S/c1-15-5-2-3-8-21(15)14-18(23)20-9-11-22(12-10-20)26(24,25)17-7-4-6-16(19)13-17/h4,6-7,13,15H,2-3,5,8-12,14H2,1H3. The van der Waals surface area contributed by atoms with E-state index in [1.165, 1.54) is 28.9 Å². The summed E-state index contributed by atoms with van der Waals surface area (Å²) in [5.74, 6) is -0.517. The zero-order valence-corrected chi connectivity index (χ0v) is 15.9. The van der Waals surface area contributed by atoms with Crippen molar-refractivity contribution < 1.29 is 17.6 Å². The van der Waals surface area contributed by atoms with Gasteiger partial charge < -0.3 is 4.90 Å². The first-order valence-corrected chi connectivity index (χ1v) is 10.6. The Hall–Kier alpha value is -1.51. The zero-order valence-electron chi connectivity index (χ0n) is 15.1. The van der Waals surface area contributed by atoms with E-state index in [9.17, 15) is 17.6 Å². The van der Waals surface area contributed by atoms with E-state index in [-0.39, 0.29) is 23.9 Å². The van der Waals surface area contributed by atoms with Gasteiger partial charge in [0.05, 0.1) is 11.4 Å². The smallest absolute Gasteiger partial charge is 0.243 e. The van der Waals surface area contributed by atoms with Gasteiger partial charge in [-0.05, 0) is 44.5 Å². The second-order valence-corrected chi connectivity index (χ2v) is 9.00. The fourth-order valence-electron chi connectivity index (χ4n) is 3.62. The van der Waals surface area contributed by atoms with Gasteiger partial charge in [-0.2, -0.15) is 4.31 Å².